The van der Waals surface area contributed by atoms with E-state index in [1.54, 1.807) is 12.1 Å². The molecule has 0 radical (unpaired) electrons. The summed E-state index contributed by atoms with van der Waals surface area (Å²) in [6.07, 6.45) is 0. The second-order valence-corrected chi connectivity index (χ2v) is 5.80. The van der Waals surface area contributed by atoms with Crippen LogP contribution in [0.3, 0.4) is 0 Å². The first-order valence-corrected chi connectivity index (χ1v) is 6.65. The third kappa shape index (κ3) is 2.84. The fourth-order valence-corrected chi connectivity index (χ4v) is 3.25. The third-order valence-corrected chi connectivity index (χ3v) is 4.27. The Balaban J connectivity index is 2.24. The Labute approximate surface area is 105 Å². The monoisotopic (exact) mass is 294 g/mol. The molecule has 5 heteroatoms. The molecule has 17 heavy (non-hydrogen) atoms. The van der Waals surface area contributed by atoms with Crippen molar-refractivity contribution >= 4 is 35.3 Å². The molecule has 2 aromatic rings. The molecule has 2 N–H and O–H groups in total. The Hall–Kier alpha value is -1.84. The quantitative estimate of drug-likeness (QED) is 0.394. The van der Waals surface area contributed by atoms with Crippen LogP contribution >= 0.6 is 0 Å². The molecule has 0 aliphatic carbocycles. The molecule has 0 saturated carbocycles. The SMILES string of the molecule is Nc1cc([Se]c2ccccc2)ccc1[N+](=O)[O-]. The topological polar surface area (TPSA) is 69.2 Å². The molecule has 2 rings (SSSR count). The van der Waals surface area contributed by atoms with Crippen molar-refractivity contribution in [1.29, 1.82) is 0 Å². The third-order valence-electron chi connectivity index (χ3n) is 2.17. The molecule has 0 bridgehead atoms. The molecular formula is C12H10N2O2Se. The van der Waals surface area contributed by atoms with Crippen molar-refractivity contribution in [3.8, 4) is 0 Å². The number of nitro groups is 1. The van der Waals surface area contributed by atoms with Crippen LogP contribution in [-0.2, 0) is 0 Å². The number of nitro benzene ring substituents is 1. The van der Waals surface area contributed by atoms with Gasteiger partial charge in [0.15, 0.2) is 0 Å². The summed E-state index contributed by atoms with van der Waals surface area (Å²) in [4.78, 5) is 10.2. The van der Waals surface area contributed by atoms with E-state index in [2.05, 4.69) is 0 Å². The summed E-state index contributed by atoms with van der Waals surface area (Å²) in [7, 11) is 0. The summed E-state index contributed by atoms with van der Waals surface area (Å²) in [6, 6.07) is 14.9. The summed E-state index contributed by atoms with van der Waals surface area (Å²) < 4.78 is 2.25. The number of nitrogens with two attached hydrogens (primary N) is 1. The molecule has 0 aromatic heterocycles. The average Bonchev–Trinajstić information content (AvgIpc) is 2.30. The van der Waals surface area contributed by atoms with Gasteiger partial charge in [-0.25, -0.2) is 0 Å². The van der Waals surface area contributed by atoms with Crippen molar-refractivity contribution in [2.75, 3.05) is 5.73 Å². The zero-order valence-electron chi connectivity index (χ0n) is 8.87. The van der Waals surface area contributed by atoms with Crippen molar-refractivity contribution < 1.29 is 4.92 Å². The van der Waals surface area contributed by atoms with Gasteiger partial charge >= 0.3 is 105 Å². The van der Waals surface area contributed by atoms with Gasteiger partial charge in [-0.3, -0.25) is 0 Å². The van der Waals surface area contributed by atoms with Gasteiger partial charge in [0.25, 0.3) is 0 Å². The molecule has 0 saturated heterocycles. The van der Waals surface area contributed by atoms with E-state index in [0.29, 0.717) is 0 Å². The van der Waals surface area contributed by atoms with E-state index in [0.717, 1.165) is 4.46 Å². The summed E-state index contributed by atoms with van der Waals surface area (Å²) in [5.41, 5.74) is 5.84. The van der Waals surface area contributed by atoms with Crippen LogP contribution in [0.4, 0.5) is 11.4 Å². The Bertz CT molecular complexity index is 543. The number of hydrogen-bond donors (Lipinski definition) is 1. The van der Waals surface area contributed by atoms with E-state index < -0.39 is 4.92 Å². The molecule has 0 heterocycles. The van der Waals surface area contributed by atoms with Crippen LogP contribution in [0.25, 0.3) is 0 Å². The van der Waals surface area contributed by atoms with Gasteiger partial charge in [0.1, 0.15) is 0 Å². The van der Waals surface area contributed by atoms with Crippen molar-refractivity contribution in [2.24, 2.45) is 0 Å². The zero-order chi connectivity index (χ0) is 12.3. The number of benzene rings is 2. The predicted molar refractivity (Wildman–Crippen MR) is 69.0 cm³/mol. The summed E-state index contributed by atoms with van der Waals surface area (Å²) in [5, 5.41) is 10.6. The molecular weight excluding hydrogens is 283 g/mol. The van der Waals surface area contributed by atoms with Crippen molar-refractivity contribution in [3.63, 3.8) is 0 Å². The van der Waals surface area contributed by atoms with Crippen LogP contribution < -0.4 is 14.7 Å². The van der Waals surface area contributed by atoms with Crippen molar-refractivity contribution in [1.82, 2.24) is 0 Å². The van der Waals surface area contributed by atoms with Crippen LogP contribution in [0.2, 0.25) is 0 Å². The molecule has 0 fully saturated rings. The van der Waals surface area contributed by atoms with E-state index >= 15 is 0 Å². The summed E-state index contributed by atoms with van der Waals surface area (Å²) in [5.74, 6) is 0. The molecule has 86 valence electrons. The molecule has 0 amide bonds. The number of hydrogen-bond acceptors (Lipinski definition) is 3. The van der Waals surface area contributed by atoms with E-state index in [-0.39, 0.29) is 26.3 Å². The number of nitrogen functional groups attached to an aromatic ring is 1. The number of anilines is 1. The molecule has 0 spiro atoms. The van der Waals surface area contributed by atoms with Gasteiger partial charge in [-0.05, 0) is 0 Å². The number of rotatable bonds is 3. The normalized spacial score (nSPS) is 10.1. The van der Waals surface area contributed by atoms with E-state index in [1.165, 1.54) is 10.5 Å². The minimum atomic E-state index is -0.464. The van der Waals surface area contributed by atoms with Crippen LogP contribution in [0.5, 0.6) is 0 Å². The minimum absolute atomic E-state index is 0.0300. The second-order valence-electron chi connectivity index (χ2n) is 3.39. The Morgan fingerprint density at radius 3 is 2.35 bits per heavy atom. The Morgan fingerprint density at radius 1 is 1.06 bits per heavy atom. The van der Waals surface area contributed by atoms with Crippen LogP contribution in [0.15, 0.2) is 48.5 Å². The van der Waals surface area contributed by atoms with E-state index in [1.807, 2.05) is 30.3 Å². The van der Waals surface area contributed by atoms with Crippen molar-refractivity contribution in [2.45, 2.75) is 0 Å². The maximum absolute atomic E-state index is 10.6. The molecule has 0 aliphatic rings. The van der Waals surface area contributed by atoms with E-state index in [9.17, 15) is 10.1 Å². The van der Waals surface area contributed by atoms with Gasteiger partial charge in [-0.2, -0.15) is 0 Å². The van der Waals surface area contributed by atoms with Gasteiger partial charge in [-0.1, -0.05) is 0 Å². The van der Waals surface area contributed by atoms with Gasteiger partial charge in [0.05, 0.1) is 0 Å². The van der Waals surface area contributed by atoms with Gasteiger partial charge in [-0.15, -0.1) is 0 Å². The zero-order valence-corrected chi connectivity index (χ0v) is 10.6. The fourth-order valence-electron chi connectivity index (χ4n) is 1.39. The van der Waals surface area contributed by atoms with E-state index in [4.69, 9.17) is 5.73 Å². The first-order chi connectivity index (χ1) is 8.16. The predicted octanol–water partition coefficient (Wildman–Crippen LogP) is 0.832. The molecule has 4 nitrogen and oxygen atoms in total. The van der Waals surface area contributed by atoms with Crippen LogP contribution in [0, 0.1) is 10.1 Å². The van der Waals surface area contributed by atoms with Gasteiger partial charge in [0, 0.05) is 0 Å². The Morgan fingerprint density at radius 2 is 1.76 bits per heavy atom. The van der Waals surface area contributed by atoms with Crippen molar-refractivity contribution in [3.05, 3.63) is 58.6 Å². The maximum atomic E-state index is 10.6. The van der Waals surface area contributed by atoms with Crippen LogP contribution in [-0.4, -0.2) is 19.9 Å². The first kappa shape index (κ1) is 11.6. The molecule has 2 aromatic carbocycles. The van der Waals surface area contributed by atoms with Gasteiger partial charge in [0.2, 0.25) is 0 Å². The summed E-state index contributed by atoms with van der Waals surface area (Å²) in [6.45, 7) is 0. The molecule has 0 unspecified atom stereocenters. The average molecular weight is 293 g/mol. The standard InChI is InChI=1S/C12H10N2O2Se/c13-11-8-10(6-7-12(11)14(15)16)17-9-4-2-1-3-5-9/h1-8H,13H2. The first-order valence-electron chi connectivity index (χ1n) is 4.93. The fraction of sp³-hybridized carbons (Fsp3) is 0. The Kier molecular flexibility index (Phi) is 3.42. The molecule has 0 atom stereocenters. The number of nitrogens with zero attached hydrogens (tertiary/aromatic N) is 1. The second kappa shape index (κ2) is 4.99. The van der Waals surface area contributed by atoms with Crippen LogP contribution in [0.1, 0.15) is 0 Å². The molecule has 0 aliphatic heterocycles. The summed E-state index contributed by atoms with van der Waals surface area (Å²) >= 11 is 0.129. The van der Waals surface area contributed by atoms with Gasteiger partial charge < -0.3 is 0 Å².